The summed E-state index contributed by atoms with van der Waals surface area (Å²) in [5, 5.41) is 9.47. The minimum atomic E-state index is -0.655. The molecule has 0 spiro atoms. The molecule has 1 fully saturated rings. The van der Waals surface area contributed by atoms with Crippen molar-refractivity contribution < 1.29 is 19.4 Å². The minimum absolute atomic E-state index is 0.211. The molecule has 2 unspecified atom stereocenters. The van der Waals surface area contributed by atoms with E-state index in [9.17, 15) is 9.90 Å². The van der Waals surface area contributed by atoms with E-state index >= 15 is 0 Å². The van der Waals surface area contributed by atoms with Crippen LogP contribution in [0.1, 0.15) is 31.2 Å². The van der Waals surface area contributed by atoms with E-state index in [1.165, 1.54) is 0 Å². The molecule has 0 aliphatic heterocycles. The van der Waals surface area contributed by atoms with Gasteiger partial charge < -0.3 is 14.6 Å². The first-order valence-electron chi connectivity index (χ1n) is 6.29. The Morgan fingerprint density at radius 1 is 1.28 bits per heavy atom. The summed E-state index contributed by atoms with van der Waals surface area (Å²) in [6.07, 6.45) is 1.77. The van der Waals surface area contributed by atoms with Crippen molar-refractivity contribution in [2.75, 3.05) is 0 Å². The molecule has 1 aliphatic rings. The Labute approximate surface area is 107 Å². The lowest BCUT2D eigenvalue weighted by atomic mass is 9.95. The van der Waals surface area contributed by atoms with Gasteiger partial charge >= 0.3 is 6.16 Å². The third-order valence-corrected chi connectivity index (χ3v) is 3.06. The van der Waals surface area contributed by atoms with Gasteiger partial charge in [0, 0.05) is 6.42 Å². The summed E-state index contributed by atoms with van der Waals surface area (Å²) in [5.41, 5.74) is 0.929. The minimum Gasteiger partial charge on any atom is -0.431 e. The van der Waals surface area contributed by atoms with Gasteiger partial charge in [-0.05, 0) is 24.8 Å². The number of aliphatic hydroxyl groups excluding tert-OH is 1. The van der Waals surface area contributed by atoms with Crippen molar-refractivity contribution in [3.8, 4) is 0 Å². The maximum atomic E-state index is 11.5. The zero-order chi connectivity index (χ0) is 12.8. The number of carbonyl (C=O) groups excluding carboxylic acids is 1. The molecular weight excluding hydrogens is 232 g/mol. The lowest BCUT2D eigenvalue weighted by Crippen LogP contribution is -2.28. The van der Waals surface area contributed by atoms with Gasteiger partial charge in [-0.1, -0.05) is 30.3 Å². The van der Waals surface area contributed by atoms with Crippen LogP contribution in [0.3, 0.4) is 0 Å². The van der Waals surface area contributed by atoms with Crippen molar-refractivity contribution in [1.29, 1.82) is 0 Å². The summed E-state index contributed by atoms with van der Waals surface area (Å²) >= 11 is 0. The Hall–Kier alpha value is -1.55. The van der Waals surface area contributed by atoms with Crippen LogP contribution >= 0.6 is 0 Å². The summed E-state index contributed by atoms with van der Waals surface area (Å²) in [7, 11) is 0. The van der Waals surface area contributed by atoms with Gasteiger partial charge in [0.1, 0.15) is 12.7 Å². The molecule has 1 aliphatic carbocycles. The van der Waals surface area contributed by atoms with Crippen LogP contribution in [0.25, 0.3) is 0 Å². The van der Waals surface area contributed by atoms with Crippen LogP contribution in [-0.2, 0) is 16.1 Å². The van der Waals surface area contributed by atoms with E-state index in [2.05, 4.69) is 0 Å². The molecule has 98 valence electrons. The van der Waals surface area contributed by atoms with Gasteiger partial charge in [0.2, 0.25) is 0 Å². The third-order valence-electron chi connectivity index (χ3n) is 3.06. The molecule has 1 saturated carbocycles. The van der Waals surface area contributed by atoms with Gasteiger partial charge in [0.15, 0.2) is 0 Å². The van der Waals surface area contributed by atoms with Crippen molar-refractivity contribution in [2.24, 2.45) is 0 Å². The summed E-state index contributed by atoms with van der Waals surface area (Å²) in [4.78, 5) is 11.5. The number of rotatable bonds is 3. The second kappa shape index (κ2) is 6.40. The number of ether oxygens (including phenoxy) is 2. The fourth-order valence-corrected chi connectivity index (χ4v) is 2.11. The Bertz CT molecular complexity index is 377. The number of hydrogen-bond acceptors (Lipinski definition) is 4. The summed E-state index contributed by atoms with van der Waals surface area (Å²) in [6, 6.07) is 9.46. The molecule has 0 bridgehead atoms. The molecule has 0 aromatic heterocycles. The first kappa shape index (κ1) is 12.9. The number of aliphatic hydroxyl groups is 1. The summed E-state index contributed by atoms with van der Waals surface area (Å²) in [5.74, 6) is 0. The lowest BCUT2D eigenvalue weighted by Gasteiger charge is -2.25. The van der Waals surface area contributed by atoms with E-state index < -0.39 is 6.16 Å². The number of hydrogen-bond donors (Lipinski definition) is 1. The first-order valence-corrected chi connectivity index (χ1v) is 6.29. The fourth-order valence-electron chi connectivity index (χ4n) is 2.11. The predicted molar refractivity (Wildman–Crippen MR) is 66.0 cm³/mol. The van der Waals surface area contributed by atoms with Gasteiger partial charge in [-0.2, -0.15) is 0 Å². The maximum Gasteiger partial charge on any atom is 0.508 e. The Kier molecular flexibility index (Phi) is 4.59. The van der Waals surface area contributed by atoms with Crippen LogP contribution in [0.2, 0.25) is 0 Å². The van der Waals surface area contributed by atoms with Crippen LogP contribution in [-0.4, -0.2) is 23.5 Å². The lowest BCUT2D eigenvalue weighted by molar-refractivity contribution is -0.0170. The molecule has 0 saturated heterocycles. The van der Waals surface area contributed by atoms with Crippen LogP contribution in [0, 0.1) is 0 Å². The summed E-state index contributed by atoms with van der Waals surface area (Å²) < 4.78 is 10.2. The molecule has 4 nitrogen and oxygen atoms in total. The van der Waals surface area contributed by atoms with E-state index in [-0.39, 0.29) is 18.8 Å². The largest absolute Gasteiger partial charge is 0.508 e. The van der Waals surface area contributed by atoms with Crippen molar-refractivity contribution in [3.05, 3.63) is 35.9 Å². The average molecular weight is 250 g/mol. The molecule has 4 heteroatoms. The molecule has 0 radical (unpaired) electrons. The molecule has 18 heavy (non-hydrogen) atoms. The van der Waals surface area contributed by atoms with E-state index in [1.807, 2.05) is 30.3 Å². The molecule has 1 N–H and O–H groups in total. The SMILES string of the molecule is O=C(OCc1ccccc1)OC1CCCC(O)C1. The van der Waals surface area contributed by atoms with Crippen molar-refractivity contribution >= 4 is 6.16 Å². The normalized spacial score (nSPS) is 23.4. The maximum absolute atomic E-state index is 11.5. The quantitative estimate of drug-likeness (QED) is 0.838. The van der Waals surface area contributed by atoms with Gasteiger partial charge in [0.05, 0.1) is 6.10 Å². The van der Waals surface area contributed by atoms with E-state index in [4.69, 9.17) is 9.47 Å². The second-order valence-electron chi connectivity index (χ2n) is 4.58. The third kappa shape index (κ3) is 4.04. The number of carbonyl (C=O) groups is 1. The van der Waals surface area contributed by atoms with Gasteiger partial charge in [-0.3, -0.25) is 0 Å². The first-order chi connectivity index (χ1) is 8.74. The molecule has 2 rings (SSSR count). The van der Waals surface area contributed by atoms with E-state index in [0.717, 1.165) is 24.8 Å². The van der Waals surface area contributed by atoms with Crippen molar-refractivity contribution in [2.45, 2.75) is 44.5 Å². The summed E-state index contributed by atoms with van der Waals surface area (Å²) in [6.45, 7) is 0.217. The Morgan fingerprint density at radius 3 is 2.78 bits per heavy atom. The van der Waals surface area contributed by atoms with Crippen LogP contribution in [0.5, 0.6) is 0 Å². The van der Waals surface area contributed by atoms with Crippen LogP contribution < -0.4 is 0 Å². The van der Waals surface area contributed by atoms with Crippen LogP contribution in [0.4, 0.5) is 4.79 Å². The Morgan fingerprint density at radius 2 is 2.06 bits per heavy atom. The highest BCUT2D eigenvalue weighted by atomic mass is 16.7. The average Bonchev–Trinajstić information content (AvgIpc) is 2.38. The molecule has 2 atom stereocenters. The molecule has 1 aromatic carbocycles. The molecule has 1 aromatic rings. The van der Waals surface area contributed by atoms with E-state index in [1.54, 1.807) is 0 Å². The zero-order valence-electron chi connectivity index (χ0n) is 10.2. The smallest absolute Gasteiger partial charge is 0.431 e. The highest BCUT2D eigenvalue weighted by Gasteiger charge is 2.23. The van der Waals surface area contributed by atoms with E-state index in [0.29, 0.717) is 6.42 Å². The topological polar surface area (TPSA) is 55.8 Å². The molecular formula is C14H18O4. The van der Waals surface area contributed by atoms with Crippen molar-refractivity contribution in [1.82, 2.24) is 0 Å². The monoisotopic (exact) mass is 250 g/mol. The standard InChI is InChI=1S/C14H18O4/c15-12-7-4-8-13(9-12)18-14(16)17-10-11-5-2-1-3-6-11/h1-3,5-6,12-13,15H,4,7-10H2. The molecule has 0 amide bonds. The van der Waals surface area contributed by atoms with Gasteiger partial charge in [-0.25, -0.2) is 4.79 Å². The zero-order valence-corrected chi connectivity index (χ0v) is 10.2. The molecule has 0 heterocycles. The predicted octanol–water partition coefficient (Wildman–Crippen LogP) is 2.64. The second-order valence-corrected chi connectivity index (χ2v) is 4.58. The highest BCUT2D eigenvalue weighted by Crippen LogP contribution is 2.21. The van der Waals surface area contributed by atoms with Gasteiger partial charge in [-0.15, -0.1) is 0 Å². The highest BCUT2D eigenvalue weighted by molar-refractivity contribution is 5.60. The van der Waals surface area contributed by atoms with Crippen molar-refractivity contribution in [3.63, 3.8) is 0 Å². The van der Waals surface area contributed by atoms with Crippen LogP contribution in [0.15, 0.2) is 30.3 Å². The fraction of sp³-hybridized carbons (Fsp3) is 0.500. The number of benzene rings is 1. The Balaban J connectivity index is 1.72. The van der Waals surface area contributed by atoms with Gasteiger partial charge in [0.25, 0.3) is 0 Å².